The van der Waals surface area contributed by atoms with E-state index < -0.39 is 19.8 Å². The molecule has 0 radical (unpaired) electrons. The molecule has 0 N–H and O–H groups in total. The number of alkyl halides is 3. The first-order chi connectivity index (χ1) is 12.6. The summed E-state index contributed by atoms with van der Waals surface area (Å²) >= 11 is 0. The third kappa shape index (κ3) is 3.34. The normalized spacial score (nSPS) is 12.0. The Morgan fingerprint density at radius 2 is 1.74 bits per heavy atom. The summed E-state index contributed by atoms with van der Waals surface area (Å²) in [4.78, 5) is 4.44. The van der Waals surface area contributed by atoms with Crippen LogP contribution in [0.25, 0.3) is 16.8 Å². The highest BCUT2D eigenvalue weighted by Gasteiger charge is 2.30. The lowest BCUT2D eigenvalue weighted by Gasteiger charge is -2.17. The van der Waals surface area contributed by atoms with Crippen molar-refractivity contribution >= 4 is 19.0 Å². The zero-order chi connectivity index (χ0) is 20.0. The summed E-state index contributed by atoms with van der Waals surface area (Å²) in [6, 6.07) is 8.61. The van der Waals surface area contributed by atoms with Gasteiger partial charge in [-0.05, 0) is 35.2 Å². The smallest absolute Gasteiger partial charge is 0.305 e. The Balaban J connectivity index is 2.27. The molecule has 0 unspecified atom stereocenters. The van der Waals surface area contributed by atoms with Gasteiger partial charge in [0.1, 0.15) is 19.8 Å². The zero-order valence-electron chi connectivity index (χ0n) is 15.0. The number of benzene rings is 1. The molecule has 0 saturated carbocycles. The lowest BCUT2D eigenvalue weighted by atomic mass is 10.0. The van der Waals surface area contributed by atoms with E-state index in [9.17, 15) is 18.4 Å². The number of terminal acetylenes is 1. The molecule has 0 fully saturated rings. The molecule has 27 heavy (non-hydrogen) atoms. The lowest BCUT2D eigenvalue weighted by Crippen LogP contribution is -2.42. The van der Waals surface area contributed by atoms with Crippen LogP contribution in [-0.2, 0) is 6.18 Å². The molecular weight excluding hydrogens is 367 g/mol. The third-order valence-corrected chi connectivity index (χ3v) is 6.13. The zero-order valence-corrected chi connectivity index (χ0v) is 16.0. The average Bonchev–Trinajstić information content (AvgIpc) is 2.99. The van der Waals surface area contributed by atoms with Gasteiger partial charge < -0.3 is 4.40 Å². The SMILES string of the molecule is C#Cc1nc2c(C#N)cc(-c3ccc(C(F)(F)F)cc3)cn2c1[Si](C)(C)C. The van der Waals surface area contributed by atoms with E-state index in [1.54, 1.807) is 12.3 Å². The number of hydrogen-bond acceptors (Lipinski definition) is 2. The number of rotatable bonds is 2. The predicted octanol–water partition coefficient (Wildman–Crippen LogP) is 4.42. The van der Waals surface area contributed by atoms with E-state index in [0.29, 0.717) is 28.0 Å². The van der Waals surface area contributed by atoms with Crippen LogP contribution in [0, 0.1) is 23.7 Å². The molecule has 0 atom stereocenters. The van der Waals surface area contributed by atoms with Crippen LogP contribution in [-0.4, -0.2) is 17.5 Å². The molecule has 2 heterocycles. The number of nitrogens with zero attached hydrogens (tertiary/aromatic N) is 3. The van der Waals surface area contributed by atoms with Crippen LogP contribution in [0.2, 0.25) is 19.6 Å². The van der Waals surface area contributed by atoms with Crippen molar-refractivity contribution < 1.29 is 13.2 Å². The second-order valence-corrected chi connectivity index (χ2v) is 12.2. The summed E-state index contributed by atoms with van der Waals surface area (Å²) < 4.78 is 40.2. The van der Waals surface area contributed by atoms with E-state index in [-0.39, 0.29) is 0 Å². The molecule has 0 aliphatic rings. The lowest BCUT2D eigenvalue weighted by molar-refractivity contribution is -0.137. The average molecular weight is 383 g/mol. The van der Waals surface area contributed by atoms with Crippen molar-refractivity contribution in [2.75, 3.05) is 0 Å². The van der Waals surface area contributed by atoms with E-state index in [2.05, 4.69) is 36.6 Å². The van der Waals surface area contributed by atoms with Gasteiger partial charge in [-0.15, -0.1) is 6.42 Å². The van der Waals surface area contributed by atoms with Crippen LogP contribution >= 0.6 is 0 Å². The number of pyridine rings is 1. The maximum atomic E-state index is 12.8. The third-order valence-electron chi connectivity index (χ3n) is 4.23. The molecular formula is C20H16F3N3Si. The fraction of sp³-hybridized carbons (Fsp3) is 0.200. The van der Waals surface area contributed by atoms with Crippen LogP contribution in [0.15, 0.2) is 36.5 Å². The Morgan fingerprint density at radius 3 is 2.22 bits per heavy atom. The van der Waals surface area contributed by atoms with Gasteiger partial charge in [-0.2, -0.15) is 18.4 Å². The molecule has 3 rings (SSSR count). The van der Waals surface area contributed by atoms with Crippen molar-refractivity contribution in [3.05, 3.63) is 53.3 Å². The Kier molecular flexibility index (Phi) is 4.37. The maximum absolute atomic E-state index is 12.8. The number of aromatic nitrogens is 2. The Morgan fingerprint density at radius 1 is 1.11 bits per heavy atom. The molecule has 0 aliphatic carbocycles. The van der Waals surface area contributed by atoms with E-state index in [1.807, 2.05) is 4.40 Å². The first-order valence-corrected chi connectivity index (χ1v) is 11.7. The second kappa shape index (κ2) is 6.29. The largest absolute Gasteiger partial charge is 0.416 e. The summed E-state index contributed by atoms with van der Waals surface area (Å²) in [5.74, 6) is 2.59. The number of imidazole rings is 1. The van der Waals surface area contributed by atoms with Crippen molar-refractivity contribution in [1.29, 1.82) is 5.26 Å². The van der Waals surface area contributed by atoms with Gasteiger partial charge in [0.05, 0.1) is 11.1 Å². The fourth-order valence-corrected chi connectivity index (χ4v) is 4.79. The first kappa shape index (κ1) is 18.7. The van der Waals surface area contributed by atoms with Crippen LogP contribution in [0.3, 0.4) is 0 Å². The van der Waals surface area contributed by atoms with Gasteiger partial charge in [0, 0.05) is 11.5 Å². The molecule has 0 aliphatic heterocycles. The van der Waals surface area contributed by atoms with Crippen LogP contribution < -0.4 is 5.32 Å². The Labute approximate surface area is 156 Å². The highest BCUT2D eigenvalue weighted by atomic mass is 28.3. The first-order valence-electron chi connectivity index (χ1n) is 8.17. The van der Waals surface area contributed by atoms with Gasteiger partial charge in [-0.3, -0.25) is 0 Å². The number of hydrogen-bond donors (Lipinski definition) is 0. The van der Waals surface area contributed by atoms with Gasteiger partial charge >= 0.3 is 6.18 Å². The molecule has 3 nitrogen and oxygen atoms in total. The molecule has 1 aromatic carbocycles. The van der Waals surface area contributed by atoms with Gasteiger partial charge in [0.15, 0.2) is 5.65 Å². The second-order valence-electron chi connectivity index (χ2n) is 7.23. The minimum atomic E-state index is -4.39. The van der Waals surface area contributed by atoms with Crippen molar-refractivity contribution in [2.45, 2.75) is 25.8 Å². The molecule has 0 spiro atoms. The van der Waals surface area contributed by atoms with Crippen LogP contribution in [0.1, 0.15) is 16.8 Å². The Bertz CT molecular complexity index is 1110. The Hall–Kier alpha value is -3.03. The minimum absolute atomic E-state index is 0.327. The minimum Gasteiger partial charge on any atom is -0.305 e. The summed E-state index contributed by atoms with van der Waals surface area (Å²) in [5, 5.41) is 10.4. The van der Waals surface area contributed by atoms with Crippen LogP contribution in [0.4, 0.5) is 13.2 Å². The van der Waals surface area contributed by atoms with Gasteiger partial charge in [-0.25, -0.2) is 4.98 Å². The molecule has 0 saturated heterocycles. The highest BCUT2D eigenvalue weighted by molar-refractivity contribution is 6.88. The summed E-state index contributed by atoms with van der Waals surface area (Å²) in [6.45, 7) is 6.36. The molecule has 2 aromatic heterocycles. The molecule has 0 amide bonds. The number of halogens is 3. The molecule has 136 valence electrons. The van der Waals surface area contributed by atoms with Gasteiger partial charge in [-0.1, -0.05) is 31.8 Å². The van der Waals surface area contributed by atoms with Crippen molar-refractivity contribution in [3.8, 4) is 29.5 Å². The van der Waals surface area contributed by atoms with Crippen LogP contribution in [0.5, 0.6) is 0 Å². The molecule has 0 bridgehead atoms. The summed E-state index contributed by atoms with van der Waals surface area (Å²) in [5.41, 5.74) is 1.81. The van der Waals surface area contributed by atoms with E-state index in [0.717, 1.165) is 17.4 Å². The highest BCUT2D eigenvalue weighted by Crippen LogP contribution is 2.31. The van der Waals surface area contributed by atoms with E-state index in [4.69, 9.17) is 6.42 Å². The number of fused-ring (bicyclic) bond motifs is 1. The van der Waals surface area contributed by atoms with Gasteiger partial charge in [0.25, 0.3) is 0 Å². The van der Waals surface area contributed by atoms with Crippen molar-refractivity contribution in [3.63, 3.8) is 0 Å². The fourth-order valence-electron chi connectivity index (χ4n) is 3.05. The number of nitriles is 1. The quantitative estimate of drug-likeness (QED) is 0.486. The van der Waals surface area contributed by atoms with Crippen molar-refractivity contribution in [1.82, 2.24) is 9.38 Å². The van der Waals surface area contributed by atoms with Crippen molar-refractivity contribution in [2.24, 2.45) is 0 Å². The standard InChI is InChI=1S/C20H16F3N3Si/c1-5-17-19(27(2,3)4)26-12-15(10-14(11-24)18(26)25-17)13-6-8-16(9-7-13)20(21,22)23/h1,6-10,12H,2-4H3. The van der Waals surface area contributed by atoms with E-state index in [1.165, 1.54) is 12.1 Å². The maximum Gasteiger partial charge on any atom is 0.416 e. The monoisotopic (exact) mass is 383 g/mol. The van der Waals surface area contributed by atoms with Gasteiger partial charge in [0.2, 0.25) is 0 Å². The summed E-state index contributed by atoms with van der Waals surface area (Å²) in [6.07, 6.45) is 3.02. The van der Waals surface area contributed by atoms with E-state index >= 15 is 0 Å². The summed E-state index contributed by atoms with van der Waals surface area (Å²) in [7, 11) is -1.90. The molecule has 7 heteroatoms. The predicted molar refractivity (Wildman–Crippen MR) is 101 cm³/mol. The molecule has 3 aromatic rings. The topological polar surface area (TPSA) is 41.1 Å².